The Balaban J connectivity index is 1.33. The van der Waals surface area contributed by atoms with Gasteiger partial charge in [-0.1, -0.05) is 91.0 Å². The Morgan fingerprint density at radius 2 is 0.526 bits per heavy atom. The van der Waals surface area contributed by atoms with Crippen molar-refractivity contribution in [2.45, 2.75) is 0 Å². The van der Waals surface area contributed by atoms with E-state index in [1.165, 1.54) is 33.4 Å². The second-order valence-electron chi connectivity index (χ2n) is 9.30. The van der Waals surface area contributed by atoms with Gasteiger partial charge in [-0.3, -0.25) is 0 Å². The average Bonchev–Trinajstić information content (AvgIpc) is 2.99. The number of anilines is 4. The summed E-state index contributed by atoms with van der Waals surface area (Å²) in [5.74, 6) is 0. The van der Waals surface area contributed by atoms with Gasteiger partial charge in [-0.25, -0.2) is 0 Å². The van der Waals surface area contributed by atoms with E-state index in [9.17, 15) is 0 Å². The maximum absolute atomic E-state index is 3.47. The van der Waals surface area contributed by atoms with Crippen molar-refractivity contribution in [2.75, 3.05) is 10.6 Å². The molecule has 0 fully saturated rings. The molecule has 6 aromatic carbocycles. The Hall–Kier alpha value is -5.08. The first kappa shape index (κ1) is 23.3. The molecular formula is C36H28N2. The van der Waals surface area contributed by atoms with Crippen molar-refractivity contribution >= 4 is 22.7 Å². The quantitative estimate of drug-likeness (QED) is 0.233. The fourth-order valence-corrected chi connectivity index (χ4v) is 4.63. The molecule has 0 unspecified atom stereocenters. The maximum Gasteiger partial charge on any atom is 0.0384 e. The third-order valence-electron chi connectivity index (χ3n) is 6.60. The Kier molecular flexibility index (Phi) is 6.69. The molecule has 0 saturated carbocycles. The van der Waals surface area contributed by atoms with Crippen molar-refractivity contribution in [1.82, 2.24) is 0 Å². The minimum absolute atomic E-state index is 1.07. The molecule has 0 heterocycles. The molecule has 2 heteroatoms. The van der Waals surface area contributed by atoms with Gasteiger partial charge in [0.2, 0.25) is 0 Å². The van der Waals surface area contributed by atoms with Gasteiger partial charge < -0.3 is 10.6 Å². The van der Waals surface area contributed by atoms with E-state index >= 15 is 0 Å². The molecule has 2 N–H and O–H groups in total. The number of rotatable bonds is 7. The van der Waals surface area contributed by atoms with E-state index in [2.05, 4.69) is 132 Å². The van der Waals surface area contributed by atoms with Crippen molar-refractivity contribution in [2.24, 2.45) is 0 Å². The SMILES string of the molecule is c1ccc(Nc2ccc(-c3cc(-c4ccccc4)cc(-c4ccc(Nc5ccccc5)cc4)c3)cc2)cc1. The van der Waals surface area contributed by atoms with Crippen LogP contribution in [0.1, 0.15) is 0 Å². The number of para-hydroxylation sites is 2. The minimum atomic E-state index is 1.07. The molecule has 2 nitrogen and oxygen atoms in total. The molecule has 0 aliphatic carbocycles. The summed E-state index contributed by atoms with van der Waals surface area (Å²) in [5, 5.41) is 6.95. The average molecular weight is 489 g/mol. The van der Waals surface area contributed by atoms with Crippen LogP contribution in [0.15, 0.2) is 158 Å². The number of hydrogen-bond donors (Lipinski definition) is 2. The molecule has 6 rings (SSSR count). The number of benzene rings is 6. The van der Waals surface area contributed by atoms with Gasteiger partial charge in [0, 0.05) is 22.7 Å². The fraction of sp³-hybridized carbons (Fsp3) is 0. The van der Waals surface area contributed by atoms with E-state index in [-0.39, 0.29) is 0 Å². The van der Waals surface area contributed by atoms with Gasteiger partial charge in [0.15, 0.2) is 0 Å². The first-order chi connectivity index (χ1) is 18.8. The summed E-state index contributed by atoms with van der Waals surface area (Å²) in [7, 11) is 0. The molecule has 0 amide bonds. The highest BCUT2D eigenvalue weighted by molar-refractivity contribution is 5.82. The van der Waals surface area contributed by atoms with Crippen LogP contribution in [-0.4, -0.2) is 0 Å². The lowest BCUT2D eigenvalue weighted by atomic mass is 9.93. The smallest absolute Gasteiger partial charge is 0.0384 e. The van der Waals surface area contributed by atoms with Gasteiger partial charge in [0.05, 0.1) is 0 Å². The van der Waals surface area contributed by atoms with Gasteiger partial charge in [0.1, 0.15) is 0 Å². The van der Waals surface area contributed by atoms with Crippen LogP contribution in [0.25, 0.3) is 33.4 Å². The Labute approximate surface area is 224 Å². The Bertz CT molecular complexity index is 1500. The van der Waals surface area contributed by atoms with Gasteiger partial charge in [0.25, 0.3) is 0 Å². The van der Waals surface area contributed by atoms with E-state index in [4.69, 9.17) is 0 Å². The first-order valence-corrected chi connectivity index (χ1v) is 12.9. The van der Waals surface area contributed by atoms with E-state index in [0.717, 1.165) is 22.7 Å². The standard InChI is InChI=1S/C36H28N2/c1-4-10-27(11-5-1)30-24-31(28-16-20-35(21-17-28)37-33-12-6-2-7-13-33)26-32(25-30)29-18-22-36(23-19-29)38-34-14-8-3-9-15-34/h1-26,37-38H. The Morgan fingerprint density at radius 3 is 0.895 bits per heavy atom. The summed E-state index contributed by atoms with van der Waals surface area (Å²) in [6.07, 6.45) is 0. The zero-order valence-corrected chi connectivity index (χ0v) is 21.0. The molecule has 0 radical (unpaired) electrons. The largest absolute Gasteiger partial charge is 0.356 e. The third kappa shape index (κ3) is 5.50. The van der Waals surface area contributed by atoms with Crippen LogP contribution in [-0.2, 0) is 0 Å². The van der Waals surface area contributed by atoms with Crippen molar-refractivity contribution in [3.8, 4) is 33.4 Å². The molecule has 0 aromatic heterocycles. The monoisotopic (exact) mass is 488 g/mol. The van der Waals surface area contributed by atoms with Crippen LogP contribution in [0.2, 0.25) is 0 Å². The van der Waals surface area contributed by atoms with Crippen molar-refractivity contribution in [3.05, 3.63) is 158 Å². The predicted octanol–water partition coefficient (Wildman–Crippen LogP) is 10.2. The summed E-state index contributed by atoms with van der Waals surface area (Å²) < 4.78 is 0. The van der Waals surface area contributed by atoms with Crippen LogP contribution in [0, 0.1) is 0 Å². The lowest BCUT2D eigenvalue weighted by Gasteiger charge is -2.13. The van der Waals surface area contributed by atoms with Crippen LogP contribution >= 0.6 is 0 Å². The van der Waals surface area contributed by atoms with Crippen LogP contribution in [0.4, 0.5) is 22.7 Å². The van der Waals surface area contributed by atoms with Crippen molar-refractivity contribution in [3.63, 3.8) is 0 Å². The molecule has 0 atom stereocenters. The van der Waals surface area contributed by atoms with Crippen LogP contribution in [0.3, 0.4) is 0 Å². The fourth-order valence-electron chi connectivity index (χ4n) is 4.63. The number of nitrogens with one attached hydrogen (secondary N) is 2. The maximum atomic E-state index is 3.47. The summed E-state index contributed by atoms with van der Waals surface area (Å²) >= 11 is 0. The second-order valence-corrected chi connectivity index (χ2v) is 9.30. The molecule has 0 aliphatic heterocycles. The third-order valence-corrected chi connectivity index (χ3v) is 6.60. The van der Waals surface area contributed by atoms with E-state index in [1.54, 1.807) is 0 Å². The van der Waals surface area contributed by atoms with E-state index in [1.807, 2.05) is 36.4 Å². The first-order valence-electron chi connectivity index (χ1n) is 12.9. The molecule has 0 saturated heterocycles. The summed E-state index contributed by atoms with van der Waals surface area (Å²) in [4.78, 5) is 0. The molecule has 38 heavy (non-hydrogen) atoms. The van der Waals surface area contributed by atoms with Gasteiger partial charge in [-0.05, 0) is 100 Å². The minimum Gasteiger partial charge on any atom is -0.356 e. The molecular weight excluding hydrogens is 460 g/mol. The zero-order chi connectivity index (χ0) is 25.6. The van der Waals surface area contributed by atoms with Gasteiger partial charge in [-0.2, -0.15) is 0 Å². The van der Waals surface area contributed by atoms with Crippen LogP contribution < -0.4 is 10.6 Å². The normalized spacial score (nSPS) is 10.6. The second kappa shape index (κ2) is 10.9. The van der Waals surface area contributed by atoms with Crippen LogP contribution in [0.5, 0.6) is 0 Å². The summed E-state index contributed by atoms with van der Waals surface area (Å²) in [6.45, 7) is 0. The van der Waals surface area contributed by atoms with Gasteiger partial charge >= 0.3 is 0 Å². The molecule has 182 valence electrons. The molecule has 6 aromatic rings. The van der Waals surface area contributed by atoms with Gasteiger partial charge in [-0.15, -0.1) is 0 Å². The van der Waals surface area contributed by atoms with Crippen molar-refractivity contribution in [1.29, 1.82) is 0 Å². The lowest BCUT2D eigenvalue weighted by Crippen LogP contribution is -1.91. The highest BCUT2D eigenvalue weighted by Gasteiger charge is 2.08. The summed E-state index contributed by atoms with van der Waals surface area (Å²) in [6, 6.07) is 55.2. The zero-order valence-electron chi connectivity index (χ0n) is 21.0. The Morgan fingerprint density at radius 1 is 0.237 bits per heavy atom. The van der Waals surface area contributed by atoms with Crippen molar-refractivity contribution < 1.29 is 0 Å². The highest BCUT2D eigenvalue weighted by Crippen LogP contribution is 2.34. The highest BCUT2D eigenvalue weighted by atomic mass is 14.9. The van der Waals surface area contributed by atoms with E-state index in [0.29, 0.717) is 0 Å². The lowest BCUT2D eigenvalue weighted by molar-refractivity contribution is 1.52. The number of hydrogen-bond acceptors (Lipinski definition) is 2. The van der Waals surface area contributed by atoms with E-state index < -0.39 is 0 Å². The molecule has 0 bridgehead atoms. The topological polar surface area (TPSA) is 24.1 Å². The molecule has 0 spiro atoms. The predicted molar refractivity (Wildman–Crippen MR) is 162 cm³/mol. The molecule has 0 aliphatic rings. The summed E-state index contributed by atoms with van der Waals surface area (Å²) in [5.41, 5.74) is 11.5.